The molecular weight excluding hydrogens is 254 g/mol. The molecule has 0 aromatic carbocycles. The number of nitrogens with one attached hydrogen (secondary N) is 2. The quantitative estimate of drug-likeness (QED) is 0.575. The fourth-order valence-electron chi connectivity index (χ4n) is 1.39. The first-order valence-electron chi connectivity index (χ1n) is 5.79. The summed E-state index contributed by atoms with van der Waals surface area (Å²) >= 11 is 0. The van der Waals surface area contributed by atoms with Crippen molar-refractivity contribution in [3.8, 4) is 0 Å². The zero-order valence-corrected chi connectivity index (χ0v) is 11.1. The Labute approximate surface area is 110 Å². The van der Waals surface area contributed by atoms with Crippen molar-refractivity contribution in [2.75, 3.05) is 12.0 Å². The highest BCUT2D eigenvalue weighted by molar-refractivity contribution is 5.95. The van der Waals surface area contributed by atoms with Crippen molar-refractivity contribution in [2.24, 2.45) is 5.84 Å². The molecule has 1 rings (SSSR count). The average Bonchev–Trinajstić information content (AvgIpc) is 2.34. The van der Waals surface area contributed by atoms with Crippen LogP contribution in [0.25, 0.3) is 0 Å². The predicted octanol–water partition coefficient (Wildman–Crippen LogP) is 1.66. The number of alkyl halides is 2. The number of halogens is 2. The van der Waals surface area contributed by atoms with E-state index in [1.54, 1.807) is 6.07 Å². The minimum atomic E-state index is -2.58. The lowest BCUT2D eigenvalue weighted by atomic mass is 9.90. The lowest BCUT2D eigenvalue weighted by Gasteiger charge is -2.19. The molecule has 0 aliphatic carbocycles. The first kappa shape index (κ1) is 15.3. The molecule has 0 bridgehead atoms. The monoisotopic (exact) mass is 272 g/mol. The Balaban J connectivity index is 3.03. The van der Waals surface area contributed by atoms with E-state index in [4.69, 9.17) is 5.84 Å². The Morgan fingerprint density at radius 2 is 2.05 bits per heavy atom. The number of amides is 1. The van der Waals surface area contributed by atoms with Gasteiger partial charge in [-0.05, 0) is 12.1 Å². The zero-order valence-electron chi connectivity index (χ0n) is 11.1. The van der Waals surface area contributed by atoms with Crippen molar-refractivity contribution in [1.82, 2.24) is 10.3 Å². The smallest absolute Gasteiger partial charge is 0.255 e. The molecule has 1 amide bonds. The minimum Gasteiger partial charge on any atom is -0.346 e. The van der Waals surface area contributed by atoms with Crippen LogP contribution in [0.3, 0.4) is 0 Å². The SMILES string of the molecule is CC(C)(C)c1cc(C(=O)NCC(F)F)cc(NN)n1. The first-order valence-corrected chi connectivity index (χ1v) is 5.79. The molecule has 1 aromatic heterocycles. The van der Waals surface area contributed by atoms with E-state index in [1.165, 1.54) is 6.07 Å². The summed E-state index contributed by atoms with van der Waals surface area (Å²) in [6, 6.07) is 2.98. The van der Waals surface area contributed by atoms with Crippen LogP contribution < -0.4 is 16.6 Å². The van der Waals surface area contributed by atoms with Gasteiger partial charge < -0.3 is 10.7 Å². The summed E-state index contributed by atoms with van der Waals surface area (Å²) in [6.45, 7) is 5.10. The molecule has 5 nitrogen and oxygen atoms in total. The van der Waals surface area contributed by atoms with Crippen LogP contribution in [0.2, 0.25) is 0 Å². The number of nitrogens with two attached hydrogens (primary N) is 1. The van der Waals surface area contributed by atoms with Gasteiger partial charge in [0.2, 0.25) is 0 Å². The van der Waals surface area contributed by atoms with Gasteiger partial charge >= 0.3 is 0 Å². The molecule has 19 heavy (non-hydrogen) atoms. The van der Waals surface area contributed by atoms with E-state index >= 15 is 0 Å². The van der Waals surface area contributed by atoms with E-state index in [9.17, 15) is 13.6 Å². The van der Waals surface area contributed by atoms with Gasteiger partial charge in [0.15, 0.2) is 0 Å². The molecule has 0 spiro atoms. The molecule has 4 N–H and O–H groups in total. The number of nitrogens with zero attached hydrogens (tertiary/aromatic N) is 1. The van der Waals surface area contributed by atoms with E-state index in [0.29, 0.717) is 11.5 Å². The lowest BCUT2D eigenvalue weighted by molar-refractivity contribution is 0.0891. The number of anilines is 1. The van der Waals surface area contributed by atoms with E-state index in [0.717, 1.165) is 0 Å². The van der Waals surface area contributed by atoms with Gasteiger partial charge in [-0.25, -0.2) is 19.6 Å². The highest BCUT2D eigenvalue weighted by Gasteiger charge is 2.19. The van der Waals surface area contributed by atoms with Crippen LogP contribution >= 0.6 is 0 Å². The van der Waals surface area contributed by atoms with Crippen molar-refractivity contribution >= 4 is 11.7 Å². The molecule has 0 radical (unpaired) electrons. The topological polar surface area (TPSA) is 80.0 Å². The van der Waals surface area contributed by atoms with Crippen molar-refractivity contribution in [3.63, 3.8) is 0 Å². The van der Waals surface area contributed by atoms with Crippen LogP contribution in [-0.2, 0) is 5.41 Å². The predicted molar refractivity (Wildman–Crippen MR) is 69.1 cm³/mol. The van der Waals surface area contributed by atoms with Gasteiger partial charge in [-0.1, -0.05) is 20.8 Å². The largest absolute Gasteiger partial charge is 0.346 e. The molecular formula is C12H18F2N4O. The summed E-state index contributed by atoms with van der Waals surface area (Å²) in [6.07, 6.45) is -2.58. The fraction of sp³-hybridized carbons (Fsp3) is 0.500. The number of hydrogen-bond acceptors (Lipinski definition) is 4. The molecule has 0 aliphatic rings. The molecule has 0 saturated heterocycles. The van der Waals surface area contributed by atoms with Crippen LogP contribution in [0.4, 0.5) is 14.6 Å². The summed E-state index contributed by atoms with van der Waals surface area (Å²) in [5.74, 6) is 5.02. The molecule has 0 aliphatic heterocycles. The molecule has 0 unspecified atom stereocenters. The Morgan fingerprint density at radius 1 is 1.42 bits per heavy atom. The lowest BCUT2D eigenvalue weighted by Crippen LogP contribution is -2.29. The van der Waals surface area contributed by atoms with Crippen LogP contribution in [0.5, 0.6) is 0 Å². The Kier molecular flexibility index (Phi) is 4.77. The summed E-state index contributed by atoms with van der Waals surface area (Å²) in [4.78, 5) is 16.0. The maximum absolute atomic E-state index is 12.1. The number of carbonyl (C=O) groups is 1. The maximum Gasteiger partial charge on any atom is 0.255 e. The minimum absolute atomic E-state index is 0.244. The van der Waals surface area contributed by atoms with Crippen LogP contribution in [-0.4, -0.2) is 23.9 Å². The van der Waals surface area contributed by atoms with E-state index in [2.05, 4.69) is 15.7 Å². The molecule has 1 heterocycles. The third-order valence-corrected chi connectivity index (χ3v) is 2.42. The number of aromatic nitrogens is 1. The summed E-state index contributed by atoms with van der Waals surface area (Å²) in [5, 5.41) is 2.14. The van der Waals surface area contributed by atoms with Crippen LogP contribution in [0, 0.1) is 0 Å². The van der Waals surface area contributed by atoms with Crippen molar-refractivity contribution < 1.29 is 13.6 Å². The molecule has 1 aromatic rings. The van der Waals surface area contributed by atoms with Gasteiger partial charge in [0.1, 0.15) is 5.82 Å². The molecule has 0 saturated carbocycles. The third-order valence-electron chi connectivity index (χ3n) is 2.42. The summed E-state index contributed by atoms with van der Waals surface area (Å²) < 4.78 is 24.1. The third kappa shape index (κ3) is 4.44. The fourth-order valence-corrected chi connectivity index (χ4v) is 1.39. The number of carbonyl (C=O) groups excluding carboxylic acids is 1. The van der Waals surface area contributed by atoms with Gasteiger partial charge in [-0.2, -0.15) is 0 Å². The first-order chi connectivity index (χ1) is 8.74. The van der Waals surface area contributed by atoms with E-state index < -0.39 is 18.9 Å². The van der Waals surface area contributed by atoms with Gasteiger partial charge in [-0.3, -0.25) is 4.79 Å². The summed E-state index contributed by atoms with van der Waals surface area (Å²) in [5.41, 5.74) is 2.96. The second kappa shape index (κ2) is 5.92. The Hall–Kier alpha value is -1.76. The number of hydrazine groups is 1. The second-order valence-electron chi connectivity index (χ2n) is 5.12. The number of nitrogen functional groups attached to an aromatic ring is 1. The van der Waals surface area contributed by atoms with Crippen LogP contribution in [0.15, 0.2) is 12.1 Å². The Morgan fingerprint density at radius 3 is 2.53 bits per heavy atom. The molecule has 106 valence electrons. The molecule has 7 heteroatoms. The van der Waals surface area contributed by atoms with Gasteiger partial charge in [0, 0.05) is 16.7 Å². The highest BCUT2D eigenvalue weighted by atomic mass is 19.3. The summed E-state index contributed by atoms with van der Waals surface area (Å²) in [7, 11) is 0. The van der Waals surface area contributed by atoms with Crippen LogP contribution in [0.1, 0.15) is 36.8 Å². The van der Waals surface area contributed by atoms with Crippen molar-refractivity contribution in [2.45, 2.75) is 32.6 Å². The van der Waals surface area contributed by atoms with Crippen molar-refractivity contribution in [3.05, 3.63) is 23.4 Å². The van der Waals surface area contributed by atoms with Gasteiger partial charge in [0.25, 0.3) is 12.3 Å². The normalized spacial score (nSPS) is 11.5. The van der Waals surface area contributed by atoms with E-state index in [-0.39, 0.29) is 11.0 Å². The van der Waals surface area contributed by atoms with Crippen molar-refractivity contribution in [1.29, 1.82) is 0 Å². The van der Waals surface area contributed by atoms with Gasteiger partial charge in [-0.15, -0.1) is 0 Å². The molecule has 0 fully saturated rings. The van der Waals surface area contributed by atoms with E-state index in [1.807, 2.05) is 20.8 Å². The second-order valence-corrected chi connectivity index (χ2v) is 5.12. The highest BCUT2D eigenvalue weighted by Crippen LogP contribution is 2.23. The standard InChI is InChI=1S/C12H18F2N4O/c1-12(2,3)8-4-7(5-10(17-8)18-15)11(19)16-6-9(13)14/h4-5,9H,6,15H2,1-3H3,(H,16,19)(H,17,18). The Bertz CT molecular complexity index is 458. The zero-order chi connectivity index (χ0) is 14.6. The van der Waals surface area contributed by atoms with Gasteiger partial charge in [0.05, 0.1) is 6.54 Å². The molecule has 0 atom stereocenters. The number of pyridine rings is 1. The number of hydrogen-bond donors (Lipinski definition) is 3. The maximum atomic E-state index is 12.1. The average molecular weight is 272 g/mol. The number of rotatable bonds is 4.